The molecule has 0 amide bonds. The summed E-state index contributed by atoms with van der Waals surface area (Å²) >= 11 is 0. The topological polar surface area (TPSA) is 60.2 Å². The molecule has 14 heavy (non-hydrogen) atoms. The lowest BCUT2D eigenvalue weighted by atomic mass is 10.2. The maximum atomic E-state index is 5.40. The lowest BCUT2D eigenvalue weighted by molar-refractivity contribution is 0.133. The Bertz CT molecular complexity index is 314. The number of nitrogens with zero attached hydrogens (tertiary/aromatic N) is 1. The van der Waals surface area contributed by atoms with Crippen LogP contribution < -0.4 is 11.1 Å². The van der Waals surface area contributed by atoms with Crippen molar-refractivity contribution in [3.05, 3.63) is 23.4 Å². The number of hydrogen-bond donors (Lipinski definition) is 2. The van der Waals surface area contributed by atoms with E-state index in [1.165, 1.54) is 5.56 Å². The summed E-state index contributed by atoms with van der Waals surface area (Å²) in [5.41, 5.74) is 7.66. The molecule has 4 heteroatoms. The first-order chi connectivity index (χ1) is 6.90. The molecule has 1 aromatic rings. The Hall–Kier alpha value is -1.13. The van der Waals surface area contributed by atoms with Crippen molar-refractivity contribution in [2.75, 3.05) is 18.4 Å². The van der Waals surface area contributed by atoms with Crippen molar-refractivity contribution in [3.63, 3.8) is 0 Å². The van der Waals surface area contributed by atoms with Crippen molar-refractivity contribution in [1.29, 1.82) is 0 Å². The van der Waals surface area contributed by atoms with Gasteiger partial charge in [0.05, 0.1) is 18.9 Å². The van der Waals surface area contributed by atoms with Gasteiger partial charge in [0.15, 0.2) is 0 Å². The summed E-state index contributed by atoms with van der Waals surface area (Å²) < 4.78 is 5.29. The van der Waals surface area contributed by atoms with E-state index in [4.69, 9.17) is 10.5 Å². The molecule has 0 atom stereocenters. The van der Waals surface area contributed by atoms with Gasteiger partial charge in [-0.25, -0.2) is 4.98 Å². The number of nitrogens with two attached hydrogens (primary N) is 1. The number of aromatic nitrogens is 1. The summed E-state index contributed by atoms with van der Waals surface area (Å²) in [4.78, 5) is 4.45. The predicted octanol–water partition coefficient (Wildman–Crippen LogP) is 0.872. The van der Waals surface area contributed by atoms with Gasteiger partial charge in [0.25, 0.3) is 0 Å². The molecule has 0 unspecified atom stereocenters. The van der Waals surface area contributed by atoms with Crippen molar-refractivity contribution >= 4 is 5.82 Å². The third-order valence-electron chi connectivity index (χ3n) is 2.25. The van der Waals surface area contributed by atoms with Gasteiger partial charge in [0.1, 0.15) is 5.82 Å². The van der Waals surface area contributed by atoms with E-state index in [1.807, 2.05) is 6.07 Å². The quantitative estimate of drug-likeness (QED) is 0.697. The summed E-state index contributed by atoms with van der Waals surface area (Å²) in [5.74, 6) is 0.919. The molecule has 3 N–H and O–H groups in total. The van der Waals surface area contributed by atoms with Gasteiger partial charge in [-0.05, 0) is 19.0 Å². The normalized spacial score (nSPS) is 14.1. The van der Waals surface area contributed by atoms with Crippen molar-refractivity contribution in [2.24, 2.45) is 5.73 Å². The molecular formula is C10H15N3O. The van der Waals surface area contributed by atoms with Crippen LogP contribution >= 0.6 is 0 Å². The first-order valence-corrected chi connectivity index (χ1v) is 4.90. The fourth-order valence-electron chi connectivity index (χ4n) is 1.46. The van der Waals surface area contributed by atoms with E-state index >= 15 is 0 Å². The monoisotopic (exact) mass is 193 g/mol. The summed E-state index contributed by atoms with van der Waals surface area (Å²) in [7, 11) is 0. The lowest BCUT2D eigenvalue weighted by Crippen LogP contribution is -2.09. The van der Waals surface area contributed by atoms with Crippen LogP contribution in [0.25, 0.3) is 0 Å². The zero-order chi connectivity index (χ0) is 9.80. The molecule has 2 heterocycles. The number of pyridine rings is 1. The first-order valence-electron chi connectivity index (χ1n) is 4.90. The largest absolute Gasteiger partial charge is 0.370 e. The average molecular weight is 193 g/mol. The third-order valence-corrected chi connectivity index (χ3v) is 2.25. The Kier molecular flexibility index (Phi) is 2.96. The van der Waals surface area contributed by atoms with Gasteiger partial charge in [-0.15, -0.1) is 0 Å². The van der Waals surface area contributed by atoms with Crippen molar-refractivity contribution in [1.82, 2.24) is 4.98 Å². The van der Waals surface area contributed by atoms with E-state index in [1.54, 1.807) is 0 Å². The Morgan fingerprint density at radius 2 is 2.36 bits per heavy atom. The van der Waals surface area contributed by atoms with E-state index in [0.717, 1.165) is 24.5 Å². The molecule has 4 nitrogen and oxygen atoms in total. The van der Waals surface area contributed by atoms with Crippen LogP contribution in [0.1, 0.15) is 17.7 Å². The minimum atomic E-state index is 0.641. The van der Waals surface area contributed by atoms with Crippen LogP contribution in [-0.4, -0.2) is 18.1 Å². The van der Waals surface area contributed by atoms with E-state index in [2.05, 4.69) is 16.4 Å². The number of fused-ring (bicyclic) bond motifs is 1. The predicted molar refractivity (Wildman–Crippen MR) is 54.9 cm³/mol. The van der Waals surface area contributed by atoms with Crippen LogP contribution in [0.5, 0.6) is 0 Å². The molecular weight excluding hydrogens is 178 g/mol. The molecule has 0 fully saturated rings. The summed E-state index contributed by atoms with van der Waals surface area (Å²) in [6.45, 7) is 2.93. The van der Waals surface area contributed by atoms with E-state index in [-0.39, 0.29) is 0 Å². The fraction of sp³-hybridized carbons (Fsp3) is 0.500. The van der Waals surface area contributed by atoms with Crippen LogP contribution in [-0.2, 0) is 18.0 Å². The van der Waals surface area contributed by atoms with E-state index < -0.39 is 0 Å². The second-order valence-corrected chi connectivity index (χ2v) is 3.36. The van der Waals surface area contributed by atoms with Crippen LogP contribution in [0.3, 0.4) is 0 Å². The highest BCUT2D eigenvalue weighted by atomic mass is 16.5. The molecule has 0 saturated carbocycles. The minimum absolute atomic E-state index is 0.641. The number of anilines is 1. The molecule has 0 aromatic carbocycles. The van der Waals surface area contributed by atoms with Gasteiger partial charge < -0.3 is 15.8 Å². The molecule has 0 spiro atoms. The molecule has 0 saturated heterocycles. The van der Waals surface area contributed by atoms with Crippen LogP contribution in [0.2, 0.25) is 0 Å². The van der Waals surface area contributed by atoms with E-state index in [9.17, 15) is 0 Å². The second kappa shape index (κ2) is 4.39. The van der Waals surface area contributed by atoms with Crippen LogP contribution in [0, 0.1) is 0 Å². The molecule has 2 rings (SSSR count). The van der Waals surface area contributed by atoms with E-state index in [0.29, 0.717) is 19.8 Å². The summed E-state index contributed by atoms with van der Waals surface area (Å²) in [5, 5.41) is 3.23. The van der Waals surface area contributed by atoms with Gasteiger partial charge in [0.2, 0.25) is 0 Å². The van der Waals surface area contributed by atoms with Crippen molar-refractivity contribution in [2.45, 2.75) is 19.6 Å². The Morgan fingerprint density at radius 3 is 3.21 bits per heavy atom. The molecule has 0 bridgehead atoms. The maximum absolute atomic E-state index is 5.40. The summed E-state index contributed by atoms with van der Waals surface area (Å²) in [6, 6.07) is 4.06. The second-order valence-electron chi connectivity index (χ2n) is 3.36. The third kappa shape index (κ3) is 2.02. The molecule has 0 radical (unpaired) electrons. The zero-order valence-electron chi connectivity index (χ0n) is 8.12. The molecule has 0 aliphatic carbocycles. The van der Waals surface area contributed by atoms with Gasteiger partial charge in [-0.3, -0.25) is 0 Å². The number of nitrogens with one attached hydrogen (secondary N) is 1. The minimum Gasteiger partial charge on any atom is -0.370 e. The zero-order valence-corrected chi connectivity index (χ0v) is 8.12. The average Bonchev–Trinajstić information content (AvgIpc) is 2.65. The van der Waals surface area contributed by atoms with Crippen LogP contribution in [0.4, 0.5) is 5.82 Å². The number of ether oxygens (including phenoxy) is 1. The first kappa shape index (κ1) is 9.43. The molecule has 76 valence electrons. The smallest absolute Gasteiger partial charge is 0.126 e. The molecule has 1 aromatic heterocycles. The van der Waals surface area contributed by atoms with Gasteiger partial charge in [-0.2, -0.15) is 0 Å². The number of hydrogen-bond acceptors (Lipinski definition) is 4. The summed E-state index contributed by atoms with van der Waals surface area (Å²) in [6.07, 6.45) is 0.968. The molecule has 1 aliphatic heterocycles. The fourth-order valence-corrected chi connectivity index (χ4v) is 1.46. The highest BCUT2D eigenvalue weighted by molar-refractivity contribution is 5.39. The Balaban J connectivity index is 1.98. The van der Waals surface area contributed by atoms with Crippen molar-refractivity contribution < 1.29 is 4.74 Å². The number of rotatable bonds is 4. The maximum Gasteiger partial charge on any atom is 0.126 e. The highest BCUT2D eigenvalue weighted by Gasteiger charge is 2.12. The van der Waals surface area contributed by atoms with Gasteiger partial charge in [-0.1, -0.05) is 6.07 Å². The SMILES string of the molecule is NCCCNc1ccc2c(n1)COC2. The van der Waals surface area contributed by atoms with Crippen LogP contribution in [0.15, 0.2) is 12.1 Å². The Morgan fingerprint density at radius 1 is 1.43 bits per heavy atom. The lowest BCUT2D eigenvalue weighted by Gasteiger charge is -2.05. The Labute approximate surface area is 83.5 Å². The molecule has 1 aliphatic rings. The standard InChI is InChI=1S/C10H15N3O/c11-4-1-5-12-10-3-2-8-6-14-7-9(8)13-10/h2-3H,1,4-7,11H2,(H,12,13). The van der Waals surface area contributed by atoms with Crippen molar-refractivity contribution in [3.8, 4) is 0 Å². The van der Waals surface area contributed by atoms with Gasteiger partial charge >= 0.3 is 0 Å². The van der Waals surface area contributed by atoms with Gasteiger partial charge in [0, 0.05) is 12.1 Å². The highest BCUT2D eigenvalue weighted by Crippen LogP contribution is 2.19.